The van der Waals surface area contributed by atoms with E-state index in [1.807, 2.05) is 6.92 Å². The van der Waals surface area contributed by atoms with Crippen molar-refractivity contribution in [3.8, 4) is 0 Å². The Bertz CT molecular complexity index is 143. The SMILES string of the molecule is [B][C@@H]1O[C@H](CO)[C@H](OCC)C1O. The van der Waals surface area contributed by atoms with Crippen LogP contribution in [0.4, 0.5) is 0 Å². The van der Waals surface area contributed by atoms with Gasteiger partial charge in [0.15, 0.2) is 0 Å². The van der Waals surface area contributed by atoms with Gasteiger partial charge in [0.1, 0.15) is 26.2 Å². The van der Waals surface area contributed by atoms with Gasteiger partial charge in [-0.15, -0.1) is 0 Å². The summed E-state index contributed by atoms with van der Waals surface area (Å²) >= 11 is 0. The van der Waals surface area contributed by atoms with E-state index in [4.69, 9.17) is 22.4 Å². The zero-order chi connectivity index (χ0) is 9.14. The lowest BCUT2D eigenvalue weighted by atomic mass is 9.93. The second kappa shape index (κ2) is 4.23. The van der Waals surface area contributed by atoms with Crippen LogP contribution < -0.4 is 0 Å². The molecule has 68 valence electrons. The molecule has 0 aromatic carbocycles. The summed E-state index contributed by atoms with van der Waals surface area (Å²) in [6.07, 6.45) is -1.85. The zero-order valence-electron chi connectivity index (χ0n) is 7.01. The van der Waals surface area contributed by atoms with Gasteiger partial charge in [-0.1, -0.05) is 0 Å². The molecule has 4 nitrogen and oxygen atoms in total. The molecular formula is C7H13BO4. The smallest absolute Gasteiger partial charge is 0.113 e. The van der Waals surface area contributed by atoms with Crippen LogP contribution in [0.2, 0.25) is 0 Å². The highest BCUT2D eigenvalue weighted by Gasteiger charge is 2.40. The number of aliphatic hydroxyl groups is 2. The molecule has 1 fully saturated rings. The fourth-order valence-corrected chi connectivity index (χ4v) is 1.31. The maximum atomic E-state index is 9.40. The Labute approximate surface area is 72.9 Å². The van der Waals surface area contributed by atoms with Crippen LogP contribution in [0.5, 0.6) is 0 Å². The fraction of sp³-hybridized carbons (Fsp3) is 1.00. The Morgan fingerprint density at radius 2 is 2.25 bits per heavy atom. The first-order valence-corrected chi connectivity index (χ1v) is 4.02. The predicted octanol–water partition coefficient (Wildman–Crippen LogP) is -1.36. The molecule has 0 bridgehead atoms. The summed E-state index contributed by atoms with van der Waals surface area (Å²) in [6, 6.07) is -0.751. The monoisotopic (exact) mass is 172 g/mol. The van der Waals surface area contributed by atoms with E-state index in [1.54, 1.807) is 0 Å². The molecule has 12 heavy (non-hydrogen) atoms. The molecule has 1 unspecified atom stereocenters. The van der Waals surface area contributed by atoms with E-state index in [2.05, 4.69) is 0 Å². The molecule has 0 saturated carbocycles. The number of rotatable bonds is 3. The molecule has 2 N–H and O–H groups in total. The van der Waals surface area contributed by atoms with Crippen LogP contribution in [0.1, 0.15) is 6.92 Å². The average molecular weight is 172 g/mol. The Hall–Kier alpha value is -0.0951. The Balaban J connectivity index is 2.53. The molecule has 0 amide bonds. The number of ether oxygens (including phenoxy) is 2. The summed E-state index contributed by atoms with van der Waals surface area (Å²) in [5.74, 6) is 0. The largest absolute Gasteiger partial charge is 0.394 e. The highest BCUT2D eigenvalue weighted by molar-refractivity contribution is 6.11. The third kappa shape index (κ3) is 1.80. The molecule has 5 heteroatoms. The standard InChI is InChI=1S/C7H13BO4/c1-2-11-6-4(3-9)12-7(8)5(6)10/h4-7,9-10H,2-3H2,1H3/t4-,5?,6+,7-/m1/s1. The average Bonchev–Trinajstić information content (AvgIpc) is 2.33. The van der Waals surface area contributed by atoms with Gasteiger partial charge in [0, 0.05) is 12.6 Å². The van der Waals surface area contributed by atoms with Crippen molar-refractivity contribution >= 4 is 7.85 Å². The topological polar surface area (TPSA) is 58.9 Å². The molecule has 0 aromatic rings. The number of hydrogen-bond acceptors (Lipinski definition) is 4. The first-order valence-electron chi connectivity index (χ1n) is 4.02. The van der Waals surface area contributed by atoms with Crippen LogP contribution in [-0.4, -0.2) is 55.6 Å². The van der Waals surface area contributed by atoms with Crippen molar-refractivity contribution in [2.75, 3.05) is 13.2 Å². The van der Waals surface area contributed by atoms with Gasteiger partial charge in [-0.25, -0.2) is 0 Å². The quantitative estimate of drug-likeness (QED) is 0.516. The zero-order valence-corrected chi connectivity index (χ0v) is 7.01. The van der Waals surface area contributed by atoms with Crippen LogP contribution in [0.25, 0.3) is 0 Å². The van der Waals surface area contributed by atoms with Crippen molar-refractivity contribution in [3.63, 3.8) is 0 Å². The summed E-state index contributed by atoms with van der Waals surface area (Å²) in [6.45, 7) is 2.09. The van der Waals surface area contributed by atoms with Crippen LogP contribution >= 0.6 is 0 Å². The Morgan fingerprint density at radius 3 is 2.75 bits per heavy atom. The lowest BCUT2D eigenvalue weighted by Gasteiger charge is -2.18. The first kappa shape index (κ1) is 9.99. The summed E-state index contributed by atoms with van der Waals surface area (Å²) in [5.41, 5.74) is 0. The summed E-state index contributed by atoms with van der Waals surface area (Å²) in [4.78, 5) is 0. The molecule has 4 atom stereocenters. The predicted molar refractivity (Wildman–Crippen MR) is 42.9 cm³/mol. The van der Waals surface area contributed by atoms with E-state index >= 15 is 0 Å². The molecule has 1 aliphatic heterocycles. The second-order valence-corrected chi connectivity index (χ2v) is 2.73. The van der Waals surface area contributed by atoms with Gasteiger partial charge < -0.3 is 19.7 Å². The second-order valence-electron chi connectivity index (χ2n) is 2.73. The number of aliphatic hydroxyl groups excluding tert-OH is 2. The van der Waals surface area contributed by atoms with Gasteiger partial charge in [0.05, 0.1) is 6.61 Å². The molecule has 0 aromatic heterocycles. The van der Waals surface area contributed by atoms with Gasteiger partial charge in [0.2, 0.25) is 0 Å². The molecule has 1 heterocycles. The van der Waals surface area contributed by atoms with E-state index in [1.165, 1.54) is 0 Å². The van der Waals surface area contributed by atoms with E-state index < -0.39 is 24.3 Å². The van der Waals surface area contributed by atoms with Crippen molar-refractivity contribution in [2.45, 2.75) is 31.2 Å². The summed E-state index contributed by atoms with van der Waals surface area (Å²) < 4.78 is 10.2. The lowest BCUT2D eigenvalue weighted by Crippen LogP contribution is -2.36. The summed E-state index contributed by atoms with van der Waals surface area (Å²) in [7, 11) is 5.40. The molecule has 0 aliphatic carbocycles. The van der Waals surface area contributed by atoms with Crippen LogP contribution in [0.15, 0.2) is 0 Å². The third-order valence-electron chi connectivity index (χ3n) is 1.91. The minimum atomic E-state index is -0.845. The van der Waals surface area contributed by atoms with Gasteiger partial charge in [-0.05, 0) is 6.92 Å². The third-order valence-corrected chi connectivity index (χ3v) is 1.91. The molecule has 2 radical (unpaired) electrons. The van der Waals surface area contributed by atoms with Crippen LogP contribution in [-0.2, 0) is 9.47 Å². The van der Waals surface area contributed by atoms with Gasteiger partial charge in [-0.2, -0.15) is 0 Å². The van der Waals surface area contributed by atoms with Gasteiger partial charge >= 0.3 is 0 Å². The maximum absolute atomic E-state index is 9.40. The maximum Gasteiger partial charge on any atom is 0.113 e. The number of hydrogen-bond donors (Lipinski definition) is 2. The van der Waals surface area contributed by atoms with Gasteiger partial charge in [-0.3, -0.25) is 0 Å². The molecule has 1 saturated heterocycles. The fourth-order valence-electron chi connectivity index (χ4n) is 1.31. The van der Waals surface area contributed by atoms with Gasteiger partial charge in [0.25, 0.3) is 0 Å². The molecule has 1 aliphatic rings. The van der Waals surface area contributed by atoms with Crippen LogP contribution in [0.3, 0.4) is 0 Å². The van der Waals surface area contributed by atoms with E-state index in [0.29, 0.717) is 6.61 Å². The van der Waals surface area contributed by atoms with Crippen molar-refractivity contribution in [1.29, 1.82) is 0 Å². The van der Waals surface area contributed by atoms with Crippen LogP contribution in [0, 0.1) is 0 Å². The molecular weight excluding hydrogens is 159 g/mol. The normalized spacial score (nSPS) is 41.9. The Morgan fingerprint density at radius 1 is 1.58 bits per heavy atom. The van der Waals surface area contributed by atoms with E-state index in [-0.39, 0.29) is 6.61 Å². The molecule has 0 spiro atoms. The van der Waals surface area contributed by atoms with Crippen molar-refractivity contribution in [1.82, 2.24) is 0 Å². The lowest BCUT2D eigenvalue weighted by molar-refractivity contribution is -0.0489. The minimum absolute atomic E-state index is 0.185. The molecule has 1 rings (SSSR count). The minimum Gasteiger partial charge on any atom is -0.394 e. The summed E-state index contributed by atoms with van der Waals surface area (Å²) in [5, 5.41) is 18.2. The van der Waals surface area contributed by atoms with E-state index in [9.17, 15) is 5.11 Å². The highest BCUT2D eigenvalue weighted by Crippen LogP contribution is 2.21. The van der Waals surface area contributed by atoms with Crippen molar-refractivity contribution in [3.05, 3.63) is 0 Å². The van der Waals surface area contributed by atoms with Crippen molar-refractivity contribution < 1.29 is 19.7 Å². The van der Waals surface area contributed by atoms with Crippen molar-refractivity contribution in [2.24, 2.45) is 0 Å². The van der Waals surface area contributed by atoms with E-state index in [0.717, 1.165) is 0 Å². The highest BCUT2D eigenvalue weighted by atomic mass is 16.6. The first-order chi connectivity index (χ1) is 5.70. The Kier molecular flexibility index (Phi) is 3.52.